The average molecular weight is 334 g/mol. The van der Waals surface area contributed by atoms with Gasteiger partial charge < -0.3 is 15.0 Å². The van der Waals surface area contributed by atoms with Crippen LogP contribution in [-0.2, 0) is 22.7 Å². The maximum atomic E-state index is 12.5. The third-order valence-electron chi connectivity index (χ3n) is 4.74. The Bertz CT molecular complexity index is 631. The molecule has 1 saturated heterocycles. The molecule has 1 aliphatic heterocycles. The van der Waals surface area contributed by atoms with Gasteiger partial charge in [-0.05, 0) is 25.7 Å². The topological polar surface area (TPSA) is 76.5 Å². The lowest BCUT2D eigenvalue weighted by Gasteiger charge is -2.22. The molecule has 1 aromatic heterocycles. The Morgan fingerprint density at radius 1 is 1.29 bits per heavy atom. The summed E-state index contributed by atoms with van der Waals surface area (Å²) in [4.78, 5) is 31.5. The molecule has 1 aromatic rings. The zero-order chi connectivity index (χ0) is 16.9. The van der Waals surface area contributed by atoms with Crippen LogP contribution in [0.15, 0.2) is 10.9 Å². The van der Waals surface area contributed by atoms with Crippen LogP contribution < -0.4 is 15.8 Å². The second kappa shape index (κ2) is 7.79. The molecule has 24 heavy (non-hydrogen) atoms. The van der Waals surface area contributed by atoms with Gasteiger partial charge in [-0.15, -0.1) is 0 Å². The van der Waals surface area contributed by atoms with Crippen molar-refractivity contribution in [1.82, 2.24) is 14.9 Å². The largest absolute Gasteiger partial charge is 0.378 e. The van der Waals surface area contributed by atoms with Crippen molar-refractivity contribution in [3.8, 4) is 0 Å². The molecule has 2 aliphatic rings. The molecule has 7 heteroatoms. The Kier molecular flexibility index (Phi) is 5.50. The zero-order valence-corrected chi connectivity index (χ0v) is 14.3. The molecule has 0 aromatic carbocycles. The first-order valence-corrected chi connectivity index (χ1v) is 8.81. The van der Waals surface area contributed by atoms with Crippen molar-refractivity contribution in [2.75, 3.05) is 25.1 Å². The molecule has 1 amide bonds. The van der Waals surface area contributed by atoms with Crippen molar-refractivity contribution in [2.45, 2.75) is 57.7 Å². The second-order valence-corrected chi connectivity index (χ2v) is 6.65. The summed E-state index contributed by atoms with van der Waals surface area (Å²) >= 11 is 0. The van der Waals surface area contributed by atoms with Crippen LogP contribution in [0.5, 0.6) is 0 Å². The number of ether oxygens (including phenoxy) is 1. The molecule has 0 spiro atoms. The summed E-state index contributed by atoms with van der Waals surface area (Å²) in [6.07, 6.45) is 6.56. The van der Waals surface area contributed by atoms with Gasteiger partial charge in [0, 0.05) is 32.3 Å². The lowest BCUT2D eigenvalue weighted by atomic mass is 10.2. The molecule has 1 saturated carbocycles. The Morgan fingerprint density at radius 2 is 2.00 bits per heavy atom. The van der Waals surface area contributed by atoms with Gasteiger partial charge in [-0.3, -0.25) is 14.2 Å². The fraction of sp³-hybridized carbons (Fsp3) is 0.706. The van der Waals surface area contributed by atoms with Gasteiger partial charge in [0.2, 0.25) is 11.9 Å². The highest BCUT2D eigenvalue weighted by molar-refractivity contribution is 5.76. The van der Waals surface area contributed by atoms with Crippen molar-refractivity contribution in [1.29, 1.82) is 0 Å². The molecule has 0 radical (unpaired) electrons. The predicted octanol–water partition coefficient (Wildman–Crippen LogP) is 1.05. The van der Waals surface area contributed by atoms with Crippen LogP contribution in [0, 0.1) is 0 Å². The zero-order valence-electron chi connectivity index (χ0n) is 14.3. The molecular weight excluding hydrogens is 308 g/mol. The lowest BCUT2D eigenvalue weighted by Crippen LogP contribution is -2.40. The lowest BCUT2D eigenvalue weighted by molar-refractivity contribution is -0.122. The number of carbonyl (C=O) groups is 1. The third-order valence-corrected chi connectivity index (χ3v) is 4.74. The van der Waals surface area contributed by atoms with E-state index in [1.54, 1.807) is 7.11 Å². The number of amides is 1. The Balaban J connectivity index is 1.81. The van der Waals surface area contributed by atoms with E-state index < -0.39 is 0 Å². The molecule has 0 unspecified atom stereocenters. The first kappa shape index (κ1) is 17.0. The number of anilines is 1. The summed E-state index contributed by atoms with van der Waals surface area (Å²) in [5.41, 5.74) is 0.414. The van der Waals surface area contributed by atoms with Gasteiger partial charge in [0.15, 0.2) is 0 Å². The SMILES string of the molecule is COCc1cc(=O)n(CC(=O)NC2CCCC2)c(N2CCCC2)n1. The first-order chi connectivity index (χ1) is 11.7. The van der Waals surface area contributed by atoms with Crippen molar-refractivity contribution < 1.29 is 9.53 Å². The molecule has 3 rings (SSSR count). The molecule has 2 fully saturated rings. The van der Waals surface area contributed by atoms with Crippen LogP contribution >= 0.6 is 0 Å². The van der Waals surface area contributed by atoms with E-state index in [9.17, 15) is 9.59 Å². The summed E-state index contributed by atoms with van der Waals surface area (Å²) in [5, 5.41) is 3.04. The predicted molar refractivity (Wildman–Crippen MR) is 91.1 cm³/mol. The minimum absolute atomic E-state index is 0.0292. The Morgan fingerprint density at radius 3 is 2.67 bits per heavy atom. The fourth-order valence-electron chi connectivity index (χ4n) is 3.56. The van der Waals surface area contributed by atoms with Gasteiger partial charge in [-0.25, -0.2) is 4.98 Å². The van der Waals surface area contributed by atoms with Gasteiger partial charge in [0.1, 0.15) is 6.54 Å². The van der Waals surface area contributed by atoms with Crippen LogP contribution in [0.1, 0.15) is 44.2 Å². The van der Waals surface area contributed by atoms with Crippen molar-refractivity contribution in [3.63, 3.8) is 0 Å². The molecule has 1 aliphatic carbocycles. The van der Waals surface area contributed by atoms with E-state index in [1.807, 2.05) is 0 Å². The van der Waals surface area contributed by atoms with Gasteiger partial charge in [0.25, 0.3) is 5.56 Å². The van der Waals surface area contributed by atoms with Crippen molar-refractivity contribution in [3.05, 3.63) is 22.1 Å². The van der Waals surface area contributed by atoms with Gasteiger partial charge in [0.05, 0.1) is 12.3 Å². The number of carbonyl (C=O) groups excluding carboxylic acids is 1. The number of hydrogen-bond donors (Lipinski definition) is 1. The second-order valence-electron chi connectivity index (χ2n) is 6.65. The van der Waals surface area contributed by atoms with Crippen LogP contribution in [0.4, 0.5) is 5.95 Å². The smallest absolute Gasteiger partial charge is 0.255 e. The van der Waals surface area contributed by atoms with E-state index in [0.717, 1.165) is 51.6 Å². The molecule has 132 valence electrons. The van der Waals surface area contributed by atoms with Gasteiger partial charge >= 0.3 is 0 Å². The summed E-state index contributed by atoms with van der Waals surface area (Å²) in [5.74, 6) is 0.486. The van der Waals surface area contributed by atoms with Crippen molar-refractivity contribution in [2.24, 2.45) is 0 Å². The van der Waals surface area contributed by atoms with E-state index >= 15 is 0 Å². The fourth-order valence-corrected chi connectivity index (χ4v) is 3.56. The van der Waals surface area contributed by atoms with E-state index in [2.05, 4.69) is 15.2 Å². The third kappa shape index (κ3) is 3.95. The molecule has 2 heterocycles. The minimum atomic E-state index is -0.194. The van der Waals surface area contributed by atoms with E-state index in [-0.39, 0.29) is 24.1 Å². The van der Waals surface area contributed by atoms with E-state index in [1.165, 1.54) is 10.6 Å². The van der Waals surface area contributed by atoms with Gasteiger partial charge in [-0.2, -0.15) is 0 Å². The summed E-state index contributed by atoms with van der Waals surface area (Å²) in [6, 6.07) is 1.72. The highest BCUT2D eigenvalue weighted by Crippen LogP contribution is 2.19. The Hall–Kier alpha value is -1.89. The van der Waals surface area contributed by atoms with Gasteiger partial charge in [-0.1, -0.05) is 12.8 Å². The number of nitrogens with one attached hydrogen (secondary N) is 1. The monoisotopic (exact) mass is 334 g/mol. The summed E-state index contributed by atoms with van der Waals surface area (Å²) in [6.45, 7) is 2.06. The van der Waals surface area contributed by atoms with E-state index in [4.69, 9.17) is 4.74 Å². The Labute approximate surface area is 142 Å². The van der Waals surface area contributed by atoms with E-state index in [0.29, 0.717) is 18.2 Å². The molecule has 0 atom stereocenters. The summed E-state index contributed by atoms with van der Waals surface area (Å²) in [7, 11) is 1.58. The van der Waals surface area contributed by atoms with Crippen LogP contribution in [-0.4, -0.2) is 41.7 Å². The number of rotatable bonds is 6. The maximum Gasteiger partial charge on any atom is 0.255 e. The number of aromatic nitrogens is 2. The number of hydrogen-bond acceptors (Lipinski definition) is 5. The van der Waals surface area contributed by atoms with Crippen LogP contribution in [0.3, 0.4) is 0 Å². The van der Waals surface area contributed by atoms with Crippen LogP contribution in [0.2, 0.25) is 0 Å². The number of methoxy groups -OCH3 is 1. The molecule has 7 nitrogen and oxygen atoms in total. The van der Waals surface area contributed by atoms with Crippen molar-refractivity contribution >= 4 is 11.9 Å². The maximum absolute atomic E-state index is 12.5. The van der Waals surface area contributed by atoms with Crippen LogP contribution in [0.25, 0.3) is 0 Å². The number of nitrogens with zero attached hydrogens (tertiary/aromatic N) is 3. The molecule has 1 N–H and O–H groups in total. The first-order valence-electron chi connectivity index (χ1n) is 8.81. The molecular formula is C17H26N4O3. The normalized spacial score (nSPS) is 18.3. The quantitative estimate of drug-likeness (QED) is 0.841. The molecule has 0 bridgehead atoms. The minimum Gasteiger partial charge on any atom is -0.378 e. The average Bonchev–Trinajstić information content (AvgIpc) is 3.23. The highest BCUT2D eigenvalue weighted by Gasteiger charge is 2.22. The standard InChI is InChI=1S/C17H26N4O3/c1-24-12-14-10-16(23)21(17(19-14)20-8-4-5-9-20)11-15(22)18-13-6-2-3-7-13/h10,13H,2-9,11-12H2,1H3,(H,18,22). The highest BCUT2D eigenvalue weighted by atomic mass is 16.5. The summed E-state index contributed by atoms with van der Waals surface area (Å²) < 4.78 is 6.60.